The van der Waals surface area contributed by atoms with Crippen molar-refractivity contribution < 1.29 is 19.1 Å². The number of carbonyl (C=O) groups excluding carboxylic acids is 3. The Hall–Kier alpha value is -2.57. The molecule has 2 heterocycles. The second-order valence-corrected chi connectivity index (χ2v) is 6.72. The Morgan fingerprint density at radius 2 is 1.96 bits per heavy atom. The van der Waals surface area contributed by atoms with Crippen LogP contribution in [-0.4, -0.2) is 54.4 Å². The van der Waals surface area contributed by atoms with E-state index in [2.05, 4.69) is 5.32 Å². The van der Waals surface area contributed by atoms with Crippen LogP contribution in [0.5, 0.6) is 5.75 Å². The maximum Gasteiger partial charge on any atom is 0.325 e. The van der Waals surface area contributed by atoms with Crippen molar-refractivity contribution in [3.63, 3.8) is 0 Å². The van der Waals surface area contributed by atoms with E-state index in [1.54, 1.807) is 31.1 Å². The molecule has 7 heteroatoms. The smallest absolute Gasteiger partial charge is 0.325 e. The van der Waals surface area contributed by atoms with Crippen LogP contribution in [0.4, 0.5) is 4.79 Å². The number of amides is 4. The minimum atomic E-state index is -1.18. The number of ether oxygens (including phenoxy) is 1. The maximum absolute atomic E-state index is 12.9. The average Bonchev–Trinajstić information content (AvgIpc) is 3.19. The predicted octanol–water partition coefficient (Wildman–Crippen LogP) is 1.39. The molecule has 0 aliphatic carbocycles. The predicted molar refractivity (Wildman–Crippen MR) is 91.1 cm³/mol. The van der Waals surface area contributed by atoms with Crippen molar-refractivity contribution in [1.82, 2.24) is 15.1 Å². The first kappa shape index (κ1) is 17.3. The second kappa shape index (κ2) is 6.38. The molecular weight excluding hydrogens is 322 g/mol. The van der Waals surface area contributed by atoms with Crippen LogP contribution in [0.15, 0.2) is 18.2 Å². The minimum Gasteiger partial charge on any atom is -0.496 e. The largest absolute Gasteiger partial charge is 0.496 e. The van der Waals surface area contributed by atoms with Gasteiger partial charge in [0.25, 0.3) is 5.91 Å². The van der Waals surface area contributed by atoms with Crippen molar-refractivity contribution >= 4 is 17.8 Å². The fourth-order valence-corrected chi connectivity index (χ4v) is 3.43. The highest BCUT2D eigenvalue weighted by atomic mass is 16.5. The first-order chi connectivity index (χ1) is 11.9. The van der Waals surface area contributed by atoms with Crippen LogP contribution in [0.3, 0.4) is 0 Å². The number of aryl methyl sites for hydroxylation is 1. The van der Waals surface area contributed by atoms with Gasteiger partial charge >= 0.3 is 6.03 Å². The molecule has 1 atom stereocenters. The number of benzene rings is 1. The number of rotatable bonds is 4. The summed E-state index contributed by atoms with van der Waals surface area (Å²) in [5, 5.41) is 2.73. The Kier molecular flexibility index (Phi) is 4.41. The average molecular weight is 345 g/mol. The first-order valence-corrected chi connectivity index (χ1v) is 8.44. The van der Waals surface area contributed by atoms with Crippen LogP contribution in [0, 0.1) is 6.92 Å². The number of nitrogens with zero attached hydrogens (tertiary/aromatic N) is 2. The Labute approximate surface area is 146 Å². The minimum absolute atomic E-state index is 0.184. The maximum atomic E-state index is 12.9. The van der Waals surface area contributed by atoms with Gasteiger partial charge in [0, 0.05) is 13.1 Å². The van der Waals surface area contributed by atoms with Crippen LogP contribution in [0.2, 0.25) is 0 Å². The van der Waals surface area contributed by atoms with E-state index in [1.165, 1.54) is 0 Å². The van der Waals surface area contributed by atoms with Gasteiger partial charge < -0.3 is 15.0 Å². The van der Waals surface area contributed by atoms with E-state index in [0.29, 0.717) is 24.4 Å². The summed E-state index contributed by atoms with van der Waals surface area (Å²) in [6, 6.07) is 4.82. The van der Waals surface area contributed by atoms with Gasteiger partial charge in [-0.1, -0.05) is 6.07 Å². The summed E-state index contributed by atoms with van der Waals surface area (Å²) in [4.78, 5) is 40.3. The van der Waals surface area contributed by atoms with E-state index in [4.69, 9.17) is 4.74 Å². The molecule has 134 valence electrons. The zero-order valence-electron chi connectivity index (χ0n) is 14.8. The normalized spacial score (nSPS) is 23.2. The molecule has 1 unspecified atom stereocenters. The van der Waals surface area contributed by atoms with Crippen LogP contribution < -0.4 is 10.1 Å². The highest BCUT2D eigenvalue weighted by Crippen LogP contribution is 2.31. The lowest BCUT2D eigenvalue weighted by Gasteiger charge is -2.24. The van der Waals surface area contributed by atoms with Gasteiger partial charge in [0.15, 0.2) is 0 Å². The second-order valence-electron chi connectivity index (χ2n) is 6.72. The fourth-order valence-electron chi connectivity index (χ4n) is 3.43. The van der Waals surface area contributed by atoms with Crippen molar-refractivity contribution in [1.29, 1.82) is 0 Å². The molecule has 0 bridgehead atoms. The van der Waals surface area contributed by atoms with Gasteiger partial charge in [0.05, 0.1) is 7.11 Å². The summed E-state index contributed by atoms with van der Waals surface area (Å²) in [5.74, 6) is 0.121. The first-order valence-electron chi connectivity index (χ1n) is 8.44. The summed E-state index contributed by atoms with van der Waals surface area (Å²) in [6.45, 7) is 4.71. The number of imide groups is 1. The Balaban J connectivity index is 1.81. The molecule has 4 amide bonds. The summed E-state index contributed by atoms with van der Waals surface area (Å²) >= 11 is 0. The van der Waals surface area contributed by atoms with Crippen LogP contribution >= 0.6 is 0 Å². The Morgan fingerprint density at radius 3 is 2.56 bits per heavy atom. The number of urea groups is 1. The molecule has 0 aromatic heterocycles. The molecular formula is C18H23N3O4. The molecule has 2 aliphatic heterocycles. The van der Waals surface area contributed by atoms with Gasteiger partial charge in [-0.15, -0.1) is 0 Å². The van der Waals surface area contributed by atoms with E-state index in [1.807, 2.05) is 13.0 Å². The van der Waals surface area contributed by atoms with Gasteiger partial charge in [-0.2, -0.15) is 0 Å². The van der Waals surface area contributed by atoms with Crippen LogP contribution in [0.25, 0.3) is 0 Å². The molecule has 0 spiro atoms. The molecule has 7 nitrogen and oxygen atoms in total. The SMILES string of the molecule is COc1ccc(C2(C)NC(=O)N(CC(=O)N3CCCC3)C2=O)cc1C. The molecule has 25 heavy (non-hydrogen) atoms. The van der Waals surface area contributed by atoms with E-state index in [9.17, 15) is 14.4 Å². The number of nitrogens with one attached hydrogen (secondary N) is 1. The van der Waals surface area contributed by atoms with E-state index in [0.717, 1.165) is 23.3 Å². The summed E-state index contributed by atoms with van der Waals surface area (Å²) in [5.41, 5.74) is 0.356. The van der Waals surface area contributed by atoms with Crippen molar-refractivity contribution in [3.05, 3.63) is 29.3 Å². The van der Waals surface area contributed by atoms with Gasteiger partial charge in [0.2, 0.25) is 5.91 Å². The third-order valence-corrected chi connectivity index (χ3v) is 5.00. The summed E-state index contributed by atoms with van der Waals surface area (Å²) < 4.78 is 5.24. The lowest BCUT2D eigenvalue weighted by Crippen LogP contribution is -2.44. The molecule has 1 aromatic carbocycles. The molecule has 0 saturated carbocycles. The molecule has 1 N–H and O–H groups in total. The summed E-state index contributed by atoms with van der Waals surface area (Å²) in [7, 11) is 1.58. The van der Waals surface area contributed by atoms with Crippen molar-refractivity contribution in [2.24, 2.45) is 0 Å². The lowest BCUT2D eigenvalue weighted by molar-refractivity contribution is -0.138. The Morgan fingerprint density at radius 1 is 1.28 bits per heavy atom. The Bertz CT molecular complexity index is 727. The number of carbonyl (C=O) groups is 3. The highest BCUT2D eigenvalue weighted by Gasteiger charge is 2.49. The standard InChI is InChI=1S/C18H23N3O4/c1-12-10-13(6-7-14(12)25-3)18(2)16(23)21(17(24)19-18)11-15(22)20-8-4-5-9-20/h6-7,10H,4-5,8-9,11H2,1-3H3,(H,19,24). The van der Waals surface area contributed by atoms with Crippen molar-refractivity contribution in [2.45, 2.75) is 32.2 Å². The van der Waals surface area contributed by atoms with Crippen molar-refractivity contribution in [3.8, 4) is 5.75 Å². The van der Waals surface area contributed by atoms with Crippen LogP contribution in [-0.2, 0) is 15.1 Å². The number of methoxy groups -OCH3 is 1. The number of hydrogen-bond donors (Lipinski definition) is 1. The number of hydrogen-bond acceptors (Lipinski definition) is 4. The molecule has 0 radical (unpaired) electrons. The topological polar surface area (TPSA) is 79.0 Å². The zero-order chi connectivity index (χ0) is 18.2. The fraction of sp³-hybridized carbons (Fsp3) is 0.500. The molecule has 2 aliphatic rings. The van der Waals surface area contributed by atoms with E-state index < -0.39 is 17.5 Å². The van der Waals surface area contributed by atoms with Crippen LogP contribution in [0.1, 0.15) is 30.9 Å². The highest BCUT2D eigenvalue weighted by molar-refractivity contribution is 6.09. The molecule has 3 rings (SSSR count). The van der Waals surface area contributed by atoms with Gasteiger partial charge in [-0.25, -0.2) is 4.79 Å². The van der Waals surface area contributed by atoms with Gasteiger partial charge in [0.1, 0.15) is 17.8 Å². The van der Waals surface area contributed by atoms with E-state index >= 15 is 0 Å². The monoisotopic (exact) mass is 345 g/mol. The number of likely N-dealkylation sites (tertiary alicyclic amines) is 1. The van der Waals surface area contributed by atoms with E-state index in [-0.39, 0.29) is 12.5 Å². The summed E-state index contributed by atoms with van der Waals surface area (Å²) in [6.07, 6.45) is 1.93. The van der Waals surface area contributed by atoms with Gasteiger partial charge in [-0.05, 0) is 49.9 Å². The third kappa shape index (κ3) is 2.94. The van der Waals surface area contributed by atoms with Gasteiger partial charge in [-0.3, -0.25) is 14.5 Å². The third-order valence-electron chi connectivity index (χ3n) is 5.00. The molecule has 2 saturated heterocycles. The molecule has 2 fully saturated rings. The zero-order valence-corrected chi connectivity index (χ0v) is 14.8. The lowest BCUT2D eigenvalue weighted by atomic mass is 9.90. The molecule has 1 aromatic rings. The quantitative estimate of drug-likeness (QED) is 0.837. The van der Waals surface area contributed by atoms with Crippen molar-refractivity contribution in [2.75, 3.05) is 26.7 Å².